The summed E-state index contributed by atoms with van der Waals surface area (Å²) in [6, 6.07) is -0.120. The molecule has 1 heterocycles. The van der Waals surface area contributed by atoms with Crippen LogP contribution in [0.2, 0.25) is 0 Å². The van der Waals surface area contributed by atoms with Gasteiger partial charge in [-0.15, -0.1) is 0 Å². The van der Waals surface area contributed by atoms with Gasteiger partial charge in [0, 0.05) is 12.6 Å². The van der Waals surface area contributed by atoms with Gasteiger partial charge >= 0.3 is 5.97 Å². The van der Waals surface area contributed by atoms with Crippen molar-refractivity contribution in [3.05, 3.63) is 0 Å². The molecule has 114 valence electrons. The van der Waals surface area contributed by atoms with E-state index >= 15 is 0 Å². The van der Waals surface area contributed by atoms with Crippen LogP contribution in [0.15, 0.2) is 0 Å². The van der Waals surface area contributed by atoms with Crippen molar-refractivity contribution in [2.45, 2.75) is 69.9 Å². The molecule has 1 saturated heterocycles. The zero-order chi connectivity index (χ0) is 14.8. The Hall–Kier alpha value is -1.10. The fraction of sp³-hybridized carbons (Fsp3) is 0.867. The molecule has 2 aliphatic rings. The minimum Gasteiger partial charge on any atom is -0.480 e. The second-order valence-corrected chi connectivity index (χ2v) is 6.43. The molecule has 1 saturated carbocycles. The molecule has 0 spiro atoms. The maximum absolute atomic E-state index is 12.8. The zero-order valence-electron chi connectivity index (χ0n) is 12.3. The Morgan fingerprint density at radius 2 is 1.85 bits per heavy atom. The predicted molar refractivity (Wildman–Crippen MR) is 76.2 cm³/mol. The molecule has 3 unspecified atom stereocenters. The summed E-state index contributed by atoms with van der Waals surface area (Å²) in [7, 11) is 0. The number of carboxylic acids is 1. The number of nitrogens with two attached hydrogens (primary N) is 1. The molecule has 2 fully saturated rings. The van der Waals surface area contributed by atoms with E-state index in [1.165, 1.54) is 0 Å². The van der Waals surface area contributed by atoms with E-state index in [2.05, 4.69) is 0 Å². The monoisotopic (exact) mass is 282 g/mol. The Bertz CT molecular complexity index is 385. The lowest BCUT2D eigenvalue weighted by Gasteiger charge is -2.43. The van der Waals surface area contributed by atoms with Gasteiger partial charge in [-0.1, -0.05) is 19.3 Å². The van der Waals surface area contributed by atoms with Crippen LogP contribution >= 0.6 is 0 Å². The zero-order valence-corrected chi connectivity index (χ0v) is 12.3. The molecule has 5 nitrogen and oxygen atoms in total. The van der Waals surface area contributed by atoms with Crippen molar-refractivity contribution >= 4 is 11.9 Å². The number of rotatable bonds is 2. The van der Waals surface area contributed by atoms with Gasteiger partial charge in [0.15, 0.2) is 0 Å². The normalized spacial score (nSPS) is 35.4. The summed E-state index contributed by atoms with van der Waals surface area (Å²) < 4.78 is 0. The number of aliphatic carboxylic acids is 1. The number of hydrogen-bond donors (Lipinski definition) is 2. The highest BCUT2D eigenvalue weighted by atomic mass is 16.4. The molecule has 2 rings (SSSR count). The molecule has 1 aliphatic heterocycles. The van der Waals surface area contributed by atoms with Gasteiger partial charge in [0.2, 0.25) is 5.91 Å². The summed E-state index contributed by atoms with van der Waals surface area (Å²) in [5, 5.41) is 9.51. The molecule has 5 heteroatoms. The van der Waals surface area contributed by atoms with Crippen molar-refractivity contribution in [1.29, 1.82) is 0 Å². The lowest BCUT2D eigenvalue weighted by Crippen LogP contribution is -2.60. The average Bonchev–Trinajstić information content (AvgIpc) is 2.63. The smallest absolute Gasteiger partial charge is 0.329 e. The van der Waals surface area contributed by atoms with Gasteiger partial charge in [0.25, 0.3) is 0 Å². The summed E-state index contributed by atoms with van der Waals surface area (Å²) in [5.41, 5.74) is 5.10. The highest BCUT2D eigenvalue weighted by Gasteiger charge is 2.46. The number of carboxylic acid groups (broad SMARTS) is 1. The largest absolute Gasteiger partial charge is 0.480 e. The minimum atomic E-state index is -1.05. The first-order valence-electron chi connectivity index (χ1n) is 7.77. The number of hydrogen-bond acceptors (Lipinski definition) is 3. The van der Waals surface area contributed by atoms with E-state index in [4.69, 9.17) is 5.73 Å². The van der Waals surface area contributed by atoms with Crippen molar-refractivity contribution in [2.24, 2.45) is 11.7 Å². The topological polar surface area (TPSA) is 83.6 Å². The Kier molecular flexibility index (Phi) is 4.68. The van der Waals surface area contributed by atoms with Crippen LogP contribution in [0.4, 0.5) is 0 Å². The first-order valence-corrected chi connectivity index (χ1v) is 7.77. The second-order valence-electron chi connectivity index (χ2n) is 6.43. The fourth-order valence-electron chi connectivity index (χ4n) is 3.54. The van der Waals surface area contributed by atoms with Crippen molar-refractivity contribution < 1.29 is 14.7 Å². The van der Waals surface area contributed by atoms with Crippen molar-refractivity contribution in [3.8, 4) is 0 Å². The summed E-state index contributed by atoms with van der Waals surface area (Å²) in [6.07, 6.45) is 7.16. The summed E-state index contributed by atoms with van der Waals surface area (Å²) in [4.78, 5) is 26.0. The first kappa shape index (κ1) is 15.3. The number of amides is 1. The van der Waals surface area contributed by atoms with Crippen LogP contribution in [-0.4, -0.2) is 40.0 Å². The number of carbonyl (C=O) groups excluding carboxylic acids is 1. The molecule has 3 atom stereocenters. The van der Waals surface area contributed by atoms with Gasteiger partial charge < -0.3 is 15.7 Å². The molecular weight excluding hydrogens is 256 g/mol. The lowest BCUT2D eigenvalue weighted by atomic mass is 9.85. The second kappa shape index (κ2) is 6.12. The molecule has 3 N–H and O–H groups in total. The van der Waals surface area contributed by atoms with E-state index < -0.39 is 11.5 Å². The van der Waals surface area contributed by atoms with Crippen LogP contribution in [0.1, 0.15) is 58.3 Å². The third kappa shape index (κ3) is 2.82. The van der Waals surface area contributed by atoms with Gasteiger partial charge in [0.1, 0.15) is 5.54 Å². The van der Waals surface area contributed by atoms with Crippen LogP contribution < -0.4 is 5.73 Å². The summed E-state index contributed by atoms with van der Waals surface area (Å²) in [6.45, 7) is 2.22. The van der Waals surface area contributed by atoms with Gasteiger partial charge in [-0.25, -0.2) is 4.79 Å². The van der Waals surface area contributed by atoms with Crippen molar-refractivity contribution in [2.75, 3.05) is 6.54 Å². The number of likely N-dealkylation sites (tertiary alicyclic amines) is 1. The first-order chi connectivity index (χ1) is 9.47. The Morgan fingerprint density at radius 1 is 1.15 bits per heavy atom. The third-order valence-corrected chi connectivity index (χ3v) is 5.00. The summed E-state index contributed by atoms with van der Waals surface area (Å²) in [5.74, 6) is -1.13. The van der Waals surface area contributed by atoms with E-state index in [9.17, 15) is 14.7 Å². The van der Waals surface area contributed by atoms with Crippen LogP contribution in [-0.2, 0) is 9.59 Å². The minimum absolute atomic E-state index is 0.0380. The maximum atomic E-state index is 12.8. The van der Waals surface area contributed by atoms with Gasteiger partial charge in [-0.3, -0.25) is 4.79 Å². The number of piperidine rings is 1. The van der Waals surface area contributed by atoms with Crippen molar-refractivity contribution in [3.63, 3.8) is 0 Å². The Morgan fingerprint density at radius 3 is 2.55 bits per heavy atom. The molecule has 0 radical (unpaired) electrons. The van der Waals surface area contributed by atoms with E-state index in [1.807, 2.05) is 0 Å². The van der Waals surface area contributed by atoms with Gasteiger partial charge in [0.05, 0.1) is 5.92 Å². The van der Waals surface area contributed by atoms with Crippen LogP contribution in [0, 0.1) is 5.92 Å². The molecule has 0 aromatic carbocycles. The molecule has 0 aromatic rings. The van der Waals surface area contributed by atoms with E-state index in [0.29, 0.717) is 13.0 Å². The molecule has 20 heavy (non-hydrogen) atoms. The van der Waals surface area contributed by atoms with Crippen LogP contribution in [0.3, 0.4) is 0 Å². The average molecular weight is 282 g/mol. The maximum Gasteiger partial charge on any atom is 0.329 e. The predicted octanol–water partition coefficient (Wildman–Crippen LogP) is 1.75. The van der Waals surface area contributed by atoms with Gasteiger partial charge in [-0.05, 0) is 39.0 Å². The standard InChI is InChI=1S/C15H26N2O3/c1-15(14(19)20)9-5-6-10-17(15)13(18)11-7-3-2-4-8-12(11)16/h11-12H,2-10,16H2,1H3,(H,19,20). The van der Waals surface area contributed by atoms with Gasteiger partial charge in [-0.2, -0.15) is 0 Å². The van der Waals surface area contributed by atoms with E-state index in [1.54, 1.807) is 11.8 Å². The van der Waals surface area contributed by atoms with Crippen LogP contribution in [0.25, 0.3) is 0 Å². The number of carbonyl (C=O) groups is 2. The molecular formula is C15H26N2O3. The molecule has 1 amide bonds. The third-order valence-electron chi connectivity index (χ3n) is 5.00. The van der Waals surface area contributed by atoms with E-state index in [-0.39, 0.29) is 17.9 Å². The number of nitrogens with zero attached hydrogens (tertiary/aromatic N) is 1. The fourth-order valence-corrected chi connectivity index (χ4v) is 3.54. The summed E-state index contributed by atoms with van der Waals surface area (Å²) >= 11 is 0. The Balaban J connectivity index is 2.18. The highest BCUT2D eigenvalue weighted by molar-refractivity contribution is 5.88. The molecule has 0 aromatic heterocycles. The highest BCUT2D eigenvalue weighted by Crippen LogP contribution is 2.32. The van der Waals surface area contributed by atoms with E-state index in [0.717, 1.165) is 44.9 Å². The molecule has 1 aliphatic carbocycles. The quantitative estimate of drug-likeness (QED) is 0.756. The molecule has 0 bridgehead atoms. The van der Waals surface area contributed by atoms with Crippen molar-refractivity contribution in [1.82, 2.24) is 4.90 Å². The Labute approximate surface area is 120 Å². The lowest BCUT2D eigenvalue weighted by molar-refractivity contribution is -0.163. The van der Waals surface area contributed by atoms with Crippen LogP contribution in [0.5, 0.6) is 0 Å². The SMILES string of the molecule is CC1(C(=O)O)CCCCN1C(=O)C1CCCCCC1N.